The van der Waals surface area contributed by atoms with Crippen molar-refractivity contribution < 1.29 is 22.7 Å². The number of methoxy groups -OCH3 is 1. The van der Waals surface area contributed by atoms with E-state index in [0.29, 0.717) is 17.9 Å². The maximum atomic E-state index is 14.1. The van der Waals surface area contributed by atoms with Gasteiger partial charge < -0.3 is 15.0 Å². The van der Waals surface area contributed by atoms with Crippen LogP contribution in [0, 0.1) is 6.92 Å². The SMILES string of the molecule is COc1ccc(N(CCCC(=O)N(Cc2cccc(C)c2)C(Cc2ccccc2)C(=O)NC2CCCCC2)S(C)(=O)=O)cc1Cl. The van der Waals surface area contributed by atoms with Crippen molar-refractivity contribution in [2.24, 2.45) is 0 Å². The van der Waals surface area contributed by atoms with Crippen LogP contribution in [0.5, 0.6) is 5.75 Å². The number of nitrogens with one attached hydrogen (secondary N) is 1. The lowest BCUT2D eigenvalue weighted by Crippen LogP contribution is -2.53. The van der Waals surface area contributed by atoms with Crippen LogP contribution in [-0.4, -0.2) is 57.1 Å². The zero-order valence-electron chi connectivity index (χ0n) is 26.4. The van der Waals surface area contributed by atoms with Gasteiger partial charge in [0.05, 0.1) is 24.1 Å². The van der Waals surface area contributed by atoms with E-state index < -0.39 is 16.1 Å². The van der Waals surface area contributed by atoms with E-state index >= 15 is 0 Å². The number of aryl methyl sites for hydroxylation is 1. The predicted molar refractivity (Wildman–Crippen MR) is 180 cm³/mol. The van der Waals surface area contributed by atoms with E-state index in [-0.39, 0.29) is 48.8 Å². The zero-order valence-corrected chi connectivity index (χ0v) is 27.9. The van der Waals surface area contributed by atoms with Gasteiger partial charge in [-0.05, 0) is 55.5 Å². The molecule has 0 spiro atoms. The van der Waals surface area contributed by atoms with Gasteiger partial charge in [0.2, 0.25) is 21.8 Å². The summed E-state index contributed by atoms with van der Waals surface area (Å²) in [5.74, 6) is 0.0710. The quantitative estimate of drug-likeness (QED) is 0.221. The Hall–Kier alpha value is -3.56. The average Bonchev–Trinajstić information content (AvgIpc) is 3.01. The largest absolute Gasteiger partial charge is 0.495 e. The van der Waals surface area contributed by atoms with Crippen molar-refractivity contribution in [3.63, 3.8) is 0 Å². The Bertz CT molecular complexity index is 1540. The maximum Gasteiger partial charge on any atom is 0.243 e. The highest BCUT2D eigenvalue weighted by atomic mass is 35.5. The Labute approximate surface area is 272 Å². The molecule has 3 aromatic carbocycles. The Morgan fingerprint density at radius 2 is 1.69 bits per heavy atom. The third-order valence-electron chi connectivity index (χ3n) is 8.23. The number of anilines is 1. The van der Waals surface area contributed by atoms with Crippen LogP contribution in [0.4, 0.5) is 5.69 Å². The van der Waals surface area contributed by atoms with Crippen LogP contribution >= 0.6 is 11.6 Å². The van der Waals surface area contributed by atoms with Crippen LogP contribution < -0.4 is 14.4 Å². The summed E-state index contributed by atoms with van der Waals surface area (Å²) in [6.07, 6.45) is 7.02. The molecule has 8 nitrogen and oxygen atoms in total. The molecule has 3 aromatic rings. The van der Waals surface area contributed by atoms with E-state index in [0.717, 1.165) is 48.6 Å². The first-order valence-electron chi connectivity index (χ1n) is 15.6. The predicted octanol–water partition coefficient (Wildman–Crippen LogP) is 6.29. The maximum absolute atomic E-state index is 14.1. The lowest BCUT2D eigenvalue weighted by molar-refractivity contribution is -0.141. The number of carbonyl (C=O) groups excluding carboxylic acids is 2. The second-order valence-corrected chi connectivity index (χ2v) is 14.1. The van der Waals surface area contributed by atoms with Gasteiger partial charge in [-0.3, -0.25) is 13.9 Å². The topological polar surface area (TPSA) is 96.0 Å². The molecule has 0 heterocycles. The zero-order chi connectivity index (χ0) is 32.4. The van der Waals surface area contributed by atoms with E-state index in [1.165, 1.54) is 17.8 Å². The summed E-state index contributed by atoms with van der Waals surface area (Å²) in [4.78, 5) is 29.8. The number of rotatable bonds is 14. The lowest BCUT2D eigenvalue weighted by Gasteiger charge is -2.34. The Morgan fingerprint density at radius 1 is 0.978 bits per heavy atom. The molecular formula is C35H44ClN3O5S. The van der Waals surface area contributed by atoms with E-state index in [2.05, 4.69) is 5.32 Å². The highest BCUT2D eigenvalue weighted by molar-refractivity contribution is 7.92. The molecule has 0 aliphatic heterocycles. The minimum atomic E-state index is -3.67. The number of amides is 2. The van der Waals surface area contributed by atoms with Crippen molar-refractivity contribution in [3.05, 3.63) is 94.5 Å². The van der Waals surface area contributed by atoms with Gasteiger partial charge in [0.25, 0.3) is 0 Å². The second kappa shape index (κ2) is 16.1. The fourth-order valence-corrected chi connectivity index (χ4v) is 7.13. The summed E-state index contributed by atoms with van der Waals surface area (Å²) < 4.78 is 32.0. The summed E-state index contributed by atoms with van der Waals surface area (Å²) in [6, 6.07) is 21.8. The number of ether oxygens (including phenoxy) is 1. The standard InChI is InChI=1S/C35H44ClN3O5S/c1-26-12-10-15-28(22-26)25-38(32(23-27-13-6-4-7-14-27)35(41)37-29-16-8-5-9-17-29)34(40)18-11-21-39(45(3,42)43)30-19-20-33(44-2)31(36)24-30/h4,6-7,10,12-15,19-20,22,24,29,32H,5,8-9,11,16-18,21,23,25H2,1-3H3,(H,37,41). The number of benzene rings is 3. The number of hydrogen-bond acceptors (Lipinski definition) is 5. The monoisotopic (exact) mass is 653 g/mol. The van der Waals surface area contributed by atoms with Crippen LogP contribution in [-0.2, 0) is 32.6 Å². The molecule has 0 radical (unpaired) electrons. The molecular weight excluding hydrogens is 610 g/mol. The van der Waals surface area contributed by atoms with E-state index in [1.807, 2.05) is 61.5 Å². The molecule has 1 atom stereocenters. The molecule has 1 saturated carbocycles. The van der Waals surface area contributed by atoms with Crippen LogP contribution in [0.15, 0.2) is 72.8 Å². The van der Waals surface area contributed by atoms with Crippen LogP contribution in [0.2, 0.25) is 5.02 Å². The fraction of sp³-hybridized carbons (Fsp3) is 0.429. The van der Waals surface area contributed by atoms with Gasteiger partial charge in [-0.25, -0.2) is 8.42 Å². The molecule has 4 rings (SSSR count). The van der Waals surface area contributed by atoms with Crippen LogP contribution in [0.25, 0.3) is 0 Å². The molecule has 2 amide bonds. The number of halogens is 1. The van der Waals surface area contributed by atoms with Gasteiger partial charge in [0.15, 0.2) is 0 Å². The third-order valence-corrected chi connectivity index (χ3v) is 9.72. The molecule has 1 aliphatic carbocycles. The first kappa shape index (κ1) is 34.3. The Morgan fingerprint density at radius 3 is 2.33 bits per heavy atom. The van der Waals surface area contributed by atoms with Crippen molar-refractivity contribution in [3.8, 4) is 5.75 Å². The third kappa shape index (κ3) is 9.96. The van der Waals surface area contributed by atoms with E-state index in [4.69, 9.17) is 16.3 Å². The van der Waals surface area contributed by atoms with Crippen molar-refractivity contribution in [1.29, 1.82) is 0 Å². The lowest BCUT2D eigenvalue weighted by atomic mass is 9.94. The van der Waals surface area contributed by atoms with Crippen molar-refractivity contribution in [1.82, 2.24) is 10.2 Å². The summed E-state index contributed by atoms with van der Waals surface area (Å²) in [5.41, 5.74) is 3.34. The van der Waals surface area contributed by atoms with Crippen molar-refractivity contribution >= 4 is 39.1 Å². The highest BCUT2D eigenvalue weighted by Crippen LogP contribution is 2.30. The van der Waals surface area contributed by atoms with E-state index in [9.17, 15) is 18.0 Å². The molecule has 242 valence electrons. The molecule has 1 fully saturated rings. The Kier molecular flexibility index (Phi) is 12.3. The van der Waals surface area contributed by atoms with Gasteiger partial charge in [-0.1, -0.05) is 91.0 Å². The normalized spacial score (nSPS) is 14.4. The minimum Gasteiger partial charge on any atom is -0.495 e. The summed E-state index contributed by atoms with van der Waals surface area (Å²) in [7, 11) is -2.18. The Balaban J connectivity index is 1.59. The van der Waals surface area contributed by atoms with Crippen LogP contribution in [0.1, 0.15) is 61.6 Å². The van der Waals surface area contributed by atoms with Crippen molar-refractivity contribution in [2.75, 3.05) is 24.2 Å². The molecule has 0 saturated heterocycles. The molecule has 0 aromatic heterocycles. The van der Waals surface area contributed by atoms with Gasteiger partial charge in [-0.15, -0.1) is 0 Å². The number of sulfonamides is 1. The molecule has 0 bridgehead atoms. The summed E-state index contributed by atoms with van der Waals surface area (Å²) in [5, 5.41) is 3.55. The molecule has 10 heteroatoms. The molecule has 45 heavy (non-hydrogen) atoms. The summed E-state index contributed by atoms with van der Waals surface area (Å²) in [6.45, 7) is 2.33. The number of hydrogen-bond donors (Lipinski definition) is 1. The molecule has 1 N–H and O–H groups in total. The first-order valence-corrected chi connectivity index (χ1v) is 17.8. The van der Waals surface area contributed by atoms with Gasteiger partial charge in [-0.2, -0.15) is 0 Å². The van der Waals surface area contributed by atoms with Crippen molar-refractivity contribution in [2.45, 2.75) is 76.9 Å². The smallest absolute Gasteiger partial charge is 0.243 e. The molecule has 1 unspecified atom stereocenters. The highest BCUT2D eigenvalue weighted by Gasteiger charge is 2.32. The molecule has 1 aliphatic rings. The second-order valence-electron chi connectivity index (χ2n) is 11.8. The fourth-order valence-electron chi connectivity index (χ4n) is 5.92. The van der Waals surface area contributed by atoms with Crippen LogP contribution in [0.3, 0.4) is 0 Å². The van der Waals surface area contributed by atoms with E-state index in [1.54, 1.807) is 23.1 Å². The summed E-state index contributed by atoms with van der Waals surface area (Å²) >= 11 is 6.29. The minimum absolute atomic E-state index is 0.0592. The van der Waals surface area contributed by atoms with Gasteiger partial charge in [0, 0.05) is 32.0 Å². The number of nitrogens with zero attached hydrogens (tertiary/aromatic N) is 2. The average molecular weight is 654 g/mol. The number of carbonyl (C=O) groups is 2. The van der Waals surface area contributed by atoms with Gasteiger partial charge in [0.1, 0.15) is 11.8 Å². The van der Waals surface area contributed by atoms with Gasteiger partial charge >= 0.3 is 0 Å². The first-order chi connectivity index (χ1) is 21.5.